The van der Waals surface area contributed by atoms with Crippen LogP contribution in [-0.4, -0.2) is 16.7 Å². The van der Waals surface area contributed by atoms with Gasteiger partial charge in [0.1, 0.15) is 5.82 Å². The quantitative estimate of drug-likeness (QED) is 0.926. The topological polar surface area (TPSA) is 51.0 Å². The van der Waals surface area contributed by atoms with Crippen LogP contribution in [0.5, 0.6) is 0 Å². The molecule has 1 aliphatic heterocycles. The van der Waals surface area contributed by atoms with E-state index in [1.807, 2.05) is 0 Å². The second-order valence-corrected chi connectivity index (χ2v) is 5.09. The van der Waals surface area contributed by atoms with Gasteiger partial charge in [-0.15, -0.1) is 0 Å². The van der Waals surface area contributed by atoms with Gasteiger partial charge in [0, 0.05) is 4.47 Å². The molecule has 0 saturated carbocycles. The van der Waals surface area contributed by atoms with Crippen LogP contribution >= 0.6 is 15.9 Å². The van der Waals surface area contributed by atoms with Crippen molar-refractivity contribution < 1.29 is 8.91 Å². The normalized spacial score (nSPS) is 19.3. The number of nitrogens with zero attached hydrogens (tertiary/aromatic N) is 2. The van der Waals surface area contributed by atoms with E-state index in [4.69, 9.17) is 4.52 Å². The highest BCUT2D eigenvalue weighted by molar-refractivity contribution is 9.10. The predicted octanol–water partition coefficient (Wildman–Crippen LogP) is 3.06. The molecular formula is C12H11BrFN3O. The number of hydrogen-bond donors (Lipinski definition) is 1. The number of aromatic nitrogens is 2. The number of hydrogen-bond acceptors (Lipinski definition) is 4. The minimum absolute atomic E-state index is 0.168. The van der Waals surface area contributed by atoms with E-state index in [-0.39, 0.29) is 11.9 Å². The lowest BCUT2D eigenvalue weighted by molar-refractivity contribution is 0.412. The molecule has 1 aromatic carbocycles. The highest BCUT2D eigenvalue weighted by Crippen LogP contribution is 2.29. The summed E-state index contributed by atoms with van der Waals surface area (Å²) in [4.78, 5) is 4.36. The average molecular weight is 312 g/mol. The average Bonchev–Trinajstić information content (AvgIpc) is 2.99. The van der Waals surface area contributed by atoms with Crippen molar-refractivity contribution in [1.29, 1.82) is 0 Å². The zero-order valence-corrected chi connectivity index (χ0v) is 11.1. The zero-order valence-electron chi connectivity index (χ0n) is 9.49. The lowest BCUT2D eigenvalue weighted by atomic mass is 10.2. The molecule has 1 N–H and O–H groups in total. The molecule has 2 heterocycles. The van der Waals surface area contributed by atoms with Crippen LogP contribution in [0.3, 0.4) is 0 Å². The molecule has 0 amide bonds. The van der Waals surface area contributed by atoms with Crippen LogP contribution in [0, 0.1) is 5.82 Å². The lowest BCUT2D eigenvalue weighted by Gasteiger charge is -2.02. The molecule has 4 nitrogen and oxygen atoms in total. The van der Waals surface area contributed by atoms with E-state index in [1.165, 1.54) is 12.1 Å². The van der Waals surface area contributed by atoms with Gasteiger partial charge in [0.05, 0.1) is 11.6 Å². The van der Waals surface area contributed by atoms with E-state index >= 15 is 0 Å². The minimum Gasteiger partial charge on any atom is -0.334 e. The van der Waals surface area contributed by atoms with Gasteiger partial charge in [-0.2, -0.15) is 4.98 Å². The summed E-state index contributed by atoms with van der Waals surface area (Å²) in [5.41, 5.74) is 0.702. The van der Waals surface area contributed by atoms with E-state index in [9.17, 15) is 4.39 Å². The molecule has 1 atom stereocenters. The van der Waals surface area contributed by atoms with Crippen molar-refractivity contribution in [3.05, 3.63) is 34.3 Å². The Balaban J connectivity index is 1.92. The van der Waals surface area contributed by atoms with Gasteiger partial charge in [-0.3, -0.25) is 0 Å². The molecule has 94 valence electrons. The Labute approximate surface area is 112 Å². The van der Waals surface area contributed by atoms with Crippen molar-refractivity contribution in [3.8, 4) is 11.5 Å². The van der Waals surface area contributed by atoms with Crippen LogP contribution in [0.25, 0.3) is 11.5 Å². The molecule has 0 spiro atoms. The molecule has 3 rings (SSSR count). The lowest BCUT2D eigenvalue weighted by Crippen LogP contribution is -2.14. The number of halogens is 2. The van der Waals surface area contributed by atoms with Crippen LogP contribution in [0.15, 0.2) is 27.2 Å². The van der Waals surface area contributed by atoms with E-state index in [1.54, 1.807) is 6.07 Å². The third-order valence-corrected chi connectivity index (χ3v) is 3.63. The third kappa shape index (κ3) is 2.18. The first-order valence-electron chi connectivity index (χ1n) is 5.76. The molecule has 0 aliphatic carbocycles. The van der Waals surface area contributed by atoms with Gasteiger partial charge in [-0.1, -0.05) is 5.16 Å². The van der Waals surface area contributed by atoms with Gasteiger partial charge in [-0.25, -0.2) is 4.39 Å². The first-order chi connectivity index (χ1) is 8.74. The van der Waals surface area contributed by atoms with Crippen LogP contribution in [0.4, 0.5) is 4.39 Å². The number of nitrogens with one attached hydrogen (secondary N) is 1. The summed E-state index contributed by atoms with van der Waals surface area (Å²) in [6.07, 6.45) is 2.14. The van der Waals surface area contributed by atoms with E-state index in [0.717, 1.165) is 19.4 Å². The summed E-state index contributed by atoms with van der Waals surface area (Å²) in [6, 6.07) is 4.55. The van der Waals surface area contributed by atoms with E-state index < -0.39 is 0 Å². The van der Waals surface area contributed by atoms with Crippen molar-refractivity contribution >= 4 is 15.9 Å². The predicted molar refractivity (Wildman–Crippen MR) is 67.4 cm³/mol. The molecular weight excluding hydrogens is 301 g/mol. The Morgan fingerprint density at radius 2 is 2.33 bits per heavy atom. The van der Waals surface area contributed by atoms with Crippen molar-refractivity contribution in [2.45, 2.75) is 18.9 Å². The van der Waals surface area contributed by atoms with Crippen LogP contribution in [0.1, 0.15) is 24.7 Å². The number of benzene rings is 1. The molecule has 1 fully saturated rings. The maximum absolute atomic E-state index is 13.0. The van der Waals surface area contributed by atoms with Gasteiger partial charge < -0.3 is 9.84 Å². The van der Waals surface area contributed by atoms with Crippen molar-refractivity contribution in [3.63, 3.8) is 0 Å². The second kappa shape index (κ2) is 4.78. The maximum atomic E-state index is 13.0. The van der Waals surface area contributed by atoms with Crippen LogP contribution in [-0.2, 0) is 0 Å². The second-order valence-electron chi connectivity index (χ2n) is 4.23. The fourth-order valence-electron chi connectivity index (χ4n) is 2.05. The zero-order chi connectivity index (χ0) is 12.5. The molecule has 2 aromatic rings. The summed E-state index contributed by atoms with van der Waals surface area (Å²) < 4.78 is 18.8. The van der Waals surface area contributed by atoms with Gasteiger partial charge in [-0.05, 0) is 53.5 Å². The van der Waals surface area contributed by atoms with Crippen LogP contribution in [0.2, 0.25) is 0 Å². The Bertz CT molecular complexity index is 566. The SMILES string of the molecule is Fc1ccc(-c2nc(C3CCCN3)no2)c(Br)c1. The molecule has 0 bridgehead atoms. The Kier molecular flexibility index (Phi) is 3.13. The molecule has 0 radical (unpaired) electrons. The van der Waals surface area contributed by atoms with Crippen LogP contribution < -0.4 is 5.32 Å². The fraction of sp³-hybridized carbons (Fsp3) is 0.333. The first-order valence-corrected chi connectivity index (χ1v) is 6.56. The van der Waals surface area contributed by atoms with Gasteiger partial charge in [0.2, 0.25) is 0 Å². The molecule has 1 aliphatic rings. The summed E-state index contributed by atoms with van der Waals surface area (Å²) in [6.45, 7) is 0.981. The Morgan fingerprint density at radius 1 is 1.44 bits per heavy atom. The molecule has 6 heteroatoms. The van der Waals surface area contributed by atoms with E-state index in [2.05, 4.69) is 31.4 Å². The maximum Gasteiger partial charge on any atom is 0.259 e. The summed E-state index contributed by atoms with van der Waals surface area (Å²) in [5.74, 6) is 0.770. The van der Waals surface area contributed by atoms with Gasteiger partial charge >= 0.3 is 0 Å². The Hall–Kier alpha value is -1.27. The molecule has 1 saturated heterocycles. The fourth-order valence-corrected chi connectivity index (χ4v) is 2.57. The standard InChI is InChI=1S/C12H11BrFN3O/c13-9-6-7(14)3-4-8(9)12-16-11(17-18-12)10-2-1-5-15-10/h3-4,6,10,15H,1-2,5H2. The van der Waals surface area contributed by atoms with Gasteiger partial charge in [0.15, 0.2) is 5.82 Å². The first kappa shape index (κ1) is 11.8. The summed E-state index contributed by atoms with van der Waals surface area (Å²) >= 11 is 3.29. The molecule has 18 heavy (non-hydrogen) atoms. The highest BCUT2D eigenvalue weighted by atomic mass is 79.9. The third-order valence-electron chi connectivity index (χ3n) is 2.98. The smallest absolute Gasteiger partial charge is 0.259 e. The summed E-state index contributed by atoms with van der Waals surface area (Å²) in [7, 11) is 0. The van der Waals surface area contributed by atoms with E-state index in [0.29, 0.717) is 21.8 Å². The molecule has 1 aromatic heterocycles. The van der Waals surface area contributed by atoms with Crippen molar-refractivity contribution in [2.75, 3.05) is 6.54 Å². The largest absolute Gasteiger partial charge is 0.334 e. The number of rotatable bonds is 2. The highest BCUT2D eigenvalue weighted by Gasteiger charge is 2.22. The Morgan fingerprint density at radius 3 is 3.06 bits per heavy atom. The van der Waals surface area contributed by atoms with Crippen molar-refractivity contribution in [2.24, 2.45) is 0 Å². The van der Waals surface area contributed by atoms with Crippen molar-refractivity contribution in [1.82, 2.24) is 15.5 Å². The van der Waals surface area contributed by atoms with Gasteiger partial charge in [0.25, 0.3) is 5.89 Å². The monoisotopic (exact) mass is 311 g/mol. The minimum atomic E-state index is -0.303. The molecule has 1 unspecified atom stereocenters. The summed E-state index contributed by atoms with van der Waals surface area (Å²) in [5, 5.41) is 7.28.